The highest BCUT2D eigenvalue weighted by atomic mass is 32.1. The Bertz CT molecular complexity index is 253. The molecule has 0 nitrogen and oxygen atoms in total. The highest BCUT2D eigenvalue weighted by molar-refractivity contribution is 7.11. The Balaban J connectivity index is 0.000000213. The molecule has 1 aliphatic carbocycles. The lowest BCUT2D eigenvalue weighted by atomic mass is 10.5. The Morgan fingerprint density at radius 2 is 1.36 bits per heavy atom. The van der Waals surface area contributed by atoms with E-state index in [9.17, 15) is 0 Å². The molecule has 1 heterocycles. The monoisotopic (exact) mass is 208 g/mol. The first-order chi connectivity index (χ1) is 6.79. The second-order valence-electron chi connectivity index (χ2n) is 2.75. The summed E-state index contributed by atoms with van der Waals surface area (Å²) in [6.45, 7) is 8.25. The van der Waals surface area contributed by atoms with Crippen molar-refractivity contribution in [3.8, 4) is 0 Å². The summed E-state index contributed by atoms with van der Waals surface area (Å²) in [5.41, 5.74) is 0. The van der Waals surface area contributed by atoms with Gasteiger partial charge in [-0.25, -0.2) is 0 Å². The standard InChI is InChI=1S/C6H8S.C5H6.C2H6/c1-5-3-4-6(2)7-5;1-2-4-5-3-1;1-2/h3-4H,1-2H3;1-4H,5H2;1-2H3. The van der Waals surface area contributed by atoms with Gasteiger partial charge in [-0.3, -0.25) is 0 Å². The normalized spacial score (nSPS) is 11.4. The minimum Gasteiger partial charge on any atom is -0.146 e. The van der Waals surface area contributed by atoms with Gasteiger partial charge in [-0.2, -0.15) is 0 Å². The molecule has 0 spiro atoms. The van der Waals surface area contributed by atoms with Gasteiger partial charge in [0.05, 0.1) is 0 Å². The smallest absolute Gasteiger partial charge is 0.00170 e. The maximum atomic E-state index is 2.14. The molecule has 1 aliphatic rings. The lowest BCUT2D eigenvalue weighted by Gasteiger charge is -1.71. The van der Waals surface area contributed by atoms with Crippen molar-refractivity contribution in [2.45, 2.75) is 34.1 Å². The van der Waals surface area contributed by atoms with Gasteiger partial charge in [-0.1, -0.05) is 38.2 Å². The van der Waals surface area contributed by atoms with Crippen LogP contribution in [0.1, 0.15) is 30.0 Å². The van der Waals surface area contributed by atoms with Crippen molar-refractivity contribution in [3.05, 3.63) is 46.2 Å². The lowest BCUT2D eigenvalue weighted by Crippen LogP contribution is -1.44. The van der Waals surface area contributed by atoms with Gasteiger partial charge in [0.15, 0.2) is 0 Å². The first kappa shape index (κ1) is 13.2. The van der Waals surface area contributed by atoms with Crippen molar-refractivity contribution in [3.63, 3.8) is 0 Å². The fourth-order valence-electron chi connectivity index (χ4n) is 0.950. The molecule has 0 atom stereocenters. The third-order valence-corrected chi connectivity index (χ3v) is 2.45. The number of hydrogen-bond donors (Lipinski definition) is 0. The number of aryl methyl sites for hydroxylation is 2. The molecule has 1 aromatic rings. The third-order valence-electron chi connectivity index (χ3n) is 1.53. The first-order valence-electron chi connectivity index (χ1n) is 5.14. The number of hydrogen-bond acceptors (Lipinski definition) is 1. The van der Waals surface area contributed by atoms with Crippen molar-refractivity contribution in [2.75, 3.05) is 0 Å². The van der Waals surface area contributed by atoms with E-state index in [0.717, 1.165) is 6.42 Å². The van der Waals surface area contributed by atoms with Gasteiger partial charge < -0.3 is 0 Å². The fraction of sp³-hybridized carbons (Fsp3) is 0.385. The molecule has 0 saturated carbocycles. The Labute approximate surface area is 92.0 Å². The minimum atomic E-state index is 1.14. The first-order valence-corrected chi connectivity index (χ1v) is 5.95. The van der Waals surface area contributed by atoms with Crippen LogP contribution in [0.2, 0.25) is 0 Å². The van der Waals surface area contributed by atoms with Crippen LogP contribution in [-0.4, -0.2) is 0 Å². The predicted molar refractivity (Wildman–Crippen MR) is 68.0 cm³/mol. The molecule has 0 bridgehead atoms. The van der Waals surface area contributed by atoms with Crippen molar-refractivity contribution in [1.29, 1.82) is 0 Å². The van der Waals surface area contributed by atoms with E-state index in [1.807, 2.05) is 25.2 Å². The molecule has 1 heteroatoms. The van der Waals surface area contributed by atoms with Crippen molar-refractivity contribution in [2.24, 2.45) is 0 Å². The summed E-state index contributed by atoms with van der Waals surface area (Å²) in [4.78, 5) is 2.80. The Hall–Kier alpha value is -0.820. The van der Waals surface area contributed by atoms with Crippen LogP contribution in [0.25, 0.3) is 0 Å². The quantitative estimate of drug-likeness (QED) is 0.569. The molecule has 0 amide bonds. The SMILES string of the molecule is C1=CCC=C1.CC.Cc1ccc(C)s1. The van der Waals surface area contributed by atoms with E-state index in [4.69, 9.17) is 0 Å². The molecular weight excluding hydrogens is 188 g/mol. The zero-order valence-electron chi connectivity index (χ0n) is 9.58. The van der Waals surface area contributed by atoms with Gasteiger partial charge in [-0.05, 0) is 32.4 Å². The van der Waals surface area contributed by atoms with Crippen LogP contribution in [0, 0.1) is 13.8 Å². The second-order valence-corrected chi connectivity index (χ2v) is 4.24. The largest absolute Gasteiger partial charge is 0.146 e. The molecular formula is C13H20S. The molecule has 0 aromatic carbocycles. The average Bonchev–Trinajstić information content (AvgIpc) is 2.84. The van der Waals surface area contributed by atoms with E-state index in [1.54, 1.807) is 0 Å². The molecule has 0 saturated heterocycles. The minimum absolute atomic E-state index is 1.14. The maximum absolute atomic E-state index is 2.14. The van der Waals surface area contributed by atoms with Gasteiger partial charge >= 0.3 is 0 Å². The molecule has 0 fully saturated rings. The Morgan fingerprint density at radius 1 is 0.929 bits per heavy atom. The van der Waals surface area contributed by atoms with E-state index in [1.165, 1.54) is 9.75 Å². The van der Waals surface area contributed by atoms with E-state index in [2.05, 4.69) is 50.3 Å². The molecule has 0 radical (unpaired) electrons. The van der Waals surface area contributed by atoms with Crippen molar-refractivity contribution < 1.29 is 0 Å². The van der Waals surface area contributed by atoms with E-state index >= 15 is 0 Å². The molecule has 0 unspecified atom stereocenters. The summed E-state index contributed by atoms with van der Waals surface area (Å²) in [6, 6.07) is 4.28. The van der Waals surface area contributed by atoms with Crippen LogP contribution in [0.3, 0.4) is 0 Å². The summed E-state index contributed by atoms with van der Waals surface area (Å²) >= 11 is 1.84. The maximum Gasteiger partial charge on any atom is 0.00170 e. The lowest BCUT2D eigenvalue weighted by molar-refractivity contribution is 1.45. The second kappa shape index (κ2) is 8.76. The van der Waals surface area contributed by atoms with E-state index in [-0.39, 0.29) is 0 Å². The van der Waals surface area contributed by atoms with Gasteiger partial charge in [0.2, 0.25) is 0 Å². The van der Waals surface area contributed by atoms with Gasteiger partial charge in [0.25, 0.3) is 0 Å². The van der Waals surface area contributed by atoms with Crippen LogP contribution in [0.4, 0.5) is 0 Å². The van der Waals surface area contributed by atoms with Crippen LogP contribution >= 0.6 is 11.3 Å². The van der Waals surface area contributed by atoms with Gasteiger partial charge in [-0.15, -0.1) is 11.3 Å². The summed E-state index contributed by atoms with van der Waals surface area (Å²) in [6.07, 6.45) is 9.50. The fourth-order valence-corrected chi connectivity index (χ4v) is 1.73. The summed E-state index contributed by atoms with van der Waals surface area (Å²) < 4.78 is 0. The average molecular weight is 208 g/mol. The van der Waals surface area contributed by atoms with E-state index < -0.39 is 0 Å². The zero-order valence-corrected chi connectivity index (χ0v) is 10.4. The highest BCUT2D eigenvalue weighted by Crippen LogP contribution is 2.12. The summed E-state index contributed by atoms with van der Waals surface area (Å²) in [7, 11) is 0. The molecule has 0 aliphatic heterocycles. The zero-order chi connectivity index (χ0) is 10.8. The third kappa shape index (κ3) is 6.67. The van der Waals surface area contributed by atoms with Crippen molar-refractivity contribution in [1.82, 2.24) is 0 Å². The van der Waals surface area contributed by atoms with Crippen LogP contribution in [0.15, 0.2) is 36.4 Å². The Morgan fingerprint density at radius 3 is 1.50 bits per heavy atom. The van der Waals surface area contributed by atoms with Crippen LogP contribution in [0.5, 0.6) is 0 Å². The summed E-state index contributed by atoms with van der Waals surface area (Å²) in [5.74, 6) is 0. The van der Waals surface area contributed by atoms with E-state index in [0.29, 0.717) is 0 Å². The number of thiophene rings is 1. The molecule has 78 valence electrons. The number of rotatable bonds is 0. The highest BCUT2D eigenvalue weighted by Gasteiger charge is 1.84. The van der Waals surface area contributed by atoms with Crippen molar-refractivity contribution >= 4 is 11.3 Å². The topological polar surface area (TPSA) is 0 Å². The van der Waals surface area contributed by atoms with Crippen LogP contribution in [-0.2, 0) is 0 Å². The van der Waals surface area contributed by atoms with Crippen LogP contribution < -0.4 is 0 Å². The van der Waals surface area contributed by atoms with Gasteiger partial charge in [0, 0.05) is 9.75 Å². The molecule has 1 aromatic heterocycles. The molecule has 2 rings (SSSR count). The predicted octanol–water partition coefficient (Wildman–Crippen LogP) is 4.89. The number of allylic oxidation sites excluding steroid dienone is 4. The van der Waals surface area contributed by atoms with Gasteiger partial charge in [0.1, 0.15) is 0 Å². The Kier molecular flexibility index (Phi) is 8.25. The summed E-state index contributed by atoms with van der Waals surface area (Å²) in [5, 5.41) is 0. The molecule has 0 N–H and O–H groups in total. The molecule has 14 heavy (non-hydrogen) atoms.